The van der Waals surface area contributed by atoms with Crippen molar-refractivity contribution >= 4 is 26.7 Å². The molecule has 1 aromatic carbocycles. The highest BCUT2D eigenvalue weighted by Crippen LogP contribution is 2.37. The molecule has 1 saturated carbocycles. The Labute approximate surface area is 137 Å². The molecule has 1 heterocycles. The number of ether oxygens (including phenoxy) is 1. The lowest BCUT2D eigenvalue weighted by Crippen LogP contribution is -2.21. The van der Waals surface area contributed by atoms with Gasteiger partial charge in [-0.3, -0.25) is 0 Å². The number of anilines is 1. The summed E-state index contributed by atoms with van der Waals surface area (Å²) in [6.45, 7) is 7.19. The first-order chi connectivity index (χ1) is 10.7. The zero-order valence-electron chi connectivity index (χ0n) is 13.9. The van der Waals surface area contributed by atoms with Gasteiger partial charge in [0, 0.05) is 11.6 Å². The van der Waals surface area contributed by atoms with E-state index in [-0.39, 0.29) is 0 Å². The molecule has 0 saturated heterocycles. The Hall–Kier alpha value is -1.29. The third-order valence-corrected chi connectivity index (χ3v) is 5.56. The summed E-state index contributed by atoms with van der Waals surface area (Å²) < 4.78 is 7.16. The maximum atomic E-state index is 5.89. The Morgan fingerprint density at radius 2 is 2.05 bits per heavy atom. The van der Waals surface area contributed by atoms with E-state index in [0.29, 0.717) is 6.04 Å². The molecule has 0 spiro atoms. The van der Waals surface area contributed by atoms with Crippen molar-refractivity contribution in [2.45, 2.75) is 65.3 Å². The van der Waals surface area contributed by atoms with Crippen molar-refractivity contribution in [3.05, 3.63) is 17.2 Å². The molecule has 0 radical (unpaired) electrons. The van der Waals surface area contributed by atoms with Crippen molar-refractivity contribution in [2.24, 2.45) is 0 Å². The minimum absolute atomic E-state index is 0.603. The largest absolute Gasteiger partial charge is 0.493 e. The van der Waals surface area contributed by atoms with Crippen LogP contribution in [0.15, 0.2) is 6.07 Å². The summed E-state index contributed by atoms with van der Waals surface area (Å²) in [4.78, 5) is 4.84. The minimum atomic E-state index is 0.603. The van der Waals surface area contributed by atoms with Crippen LogP contribution >= 0.6 is 11.3 Å². The van der Waals surface area contributed by atoms with Crippen molar-refractivity contribution in [3.63, 3.8) is 0 Å². The molecule has 3 rings (SSSR count). The first-order valence-corrected chi connectivity index (χ1v) is 9.30. The number of aryl methyl sites for hydroxylation is 2. The maximum absolute atomic E-state index is 5.89. The van der Waals surface area contributed by atoms with Gasteiger partial charge in [-0.15, -0.1) is 0 Å². The van der Waals surface area contributed by atoms with E-state index < -0.39 is 0 Å². The van der Waals surface area contributed by atoms with Gasteiger partial charge in [-0.05, 0) is 44.7 Å². The number of aromatic nitrogens is 1. The van der Waals surface area contributed by atoms with Gasteiger partial charge in [0.2, 0.25) is 0 Å². The third kappa shape index (κ3) is 3.22. The quantitative estimate of drug-likeness (QED) is 0.796. The fourth-order valence-corrected chi connectivity index (χ4v) is 4.28. The monoisotopic (exact) mass is 318 g/mol. The van der Waals surface area contributed by atoms with Gasteiger partial charge in [-0.1, -0.05) is 37.5 Å². The highest BCUT2D eigenvalue weighted by Gasteiger charge is 2.17. The SMILES string of the molecule is CCCOc1cc(C)c2nc(NC3CCCCC3)sc2c1C. The predicted octanol–water partition coefficient (Wildman–Crippen LogP) is 5.45. The Morgan fingerprint density at radius 1 is 1.27 bits per heavy atom. The van der Waals surface area contributed by atoms with Crippen LogP contribution in [0.25, 0.3) is 10.2 Å². The molecule has 3 nitrogen and oxygen atoms in total. The molecular weight excluding hydrogens is 292 g/mol. The molecule has 120 valence electrons. The molecule has 0 amide bonds. The summed E-state index contributed by atoms with van der Waals surface area (Å²) in [5, 5.41) is 4.72. The number of thiazole rings is 1. The summed E-state index contributed by atoms with van der Waals surface area (Å²) in [6, 6.07) is 2.74. The van der Waals surface area contributed by atoms with E-state index in [9.17, 15) is 0 Å². The van der Waals surface area contributed by atoms with E-state index >= 15 is 0 Å². The number of fused-ring (bicyclic) bond motifs is 1. The Balaban J connectivity index is 1.87. The van der Waals surface area contributed by atoms with Crippen molar-refractivity contribution in [3.8, 4) is 5.75 Å². The van der Waals surface area contributed by atoms with Crippen LogP contribution in [0.5, 0.6) is 5.75 Å². The van der Waals surface area contributed by atoms with Crippen LogP contribution in [-0.2, 0) is 0 Å². The lowest BCUT2D eigenvalue weighted by molar-refractivity contribution is 0.316. The molecule has 0 atom stereocenters. The highest BCUT2D eigenvalue weighted by molar-refractivity contribution is 7.22. The predicted molar refractivity (Wildman–Crippen MR) is 95.4 cm³/mol. The van der Waals surface area contributed by atoms with Gasteiger partial charge >= 0.3 is 0 Å². The van der Waals surface area contributed by atoms with Gasteiger partial charge in [0.1, 0.15) is 5.75 Å². The molecule has 1 N–H and O–H groups in total. The number of hydrogen-bond donors (Lipinski definition) is 1. The molecule has 1 fully saturated rings. The molecule has 22 heavy (non-hydrogen) atoms. The van der Waals surface area contributed by atoms with E-state index in [1.165, 1.54) is 47.9 Å². The van der Waals surface area contributed by atoms with E-state index in [1.807, 2.05) is 0 Å². The number of hydrogen-bond acceptors (Lipinski definition) is 4. The summed E-state index contributed by atoms with van der Waals surface area (Å²) >= 11 is 1.78. The summed E-state index contributed by atoms with van der Waals surface area (Å²) in [5.74, 6) is 1.01. The molecule has 0 unspecified atom stereocenters. The van der Waals surface area contributed by atoms with Crippen LogP contribution in [0.4, 0.5) is 5.13 Å². The molecule has 0 bridgehead atoms. The first-order valence-electron chi connectivity index (χ1n) is 8.49. The molecule has 2 aromatic rings. The molecule has 1 aromatic heterocycles. The smallest absolute Gasteiger partial charge is 0.184 e. The fourth-order valence-electron chi connectivity index (χ4n) is 3.17. The van der Waals surface area contributed by atoms with Gasteiger partial charge in [0.05, 0.1) is 16.8 Å². The van der Waals surface area contributed by atoms with Gasteiger partial charge in [-0.25, -0.2) is 4.98 Å². The number of benzene rings is 1. The zero-order valence-corrected chi connectivity index (χ0v) is 14.7. The van der Waals surface area contributed by atoms with Gasteiger partial charge in [0.25, 0.3) is 0 Å². The molecule has 1 aliphatic rings. The number of nitrogens with one attached hydrogen (secondary N) is 1. The average Bonchev–Trinajstić information content (AvgIpc) is 2.95. The highest BCUT2D eigenvalue weighted by atomic mass is 32.1. The van der Waals surface area contributed by atoms with Crippen LogP contribution < -0.4 is 10.1 Å². The normalized spacial score (nSPS) is 16.1. The first kappa shape index (κ1) is 15.6. The van der Waals surface area contributed by atoms with Crippen LogP contribution in [-0.4, -0.2) is 17.6 Å². The lowest BCUT2D eigenvalue weighted by atomic mass is 9.96. The second-order valence-electron chi connectivity index (χ2n) is 6.34. The number of nitrogens with zero attached hydrogens (tertiary/aromatic N) is 1. The summed E-state index contributed by atoms with van der Waals surface area (Å²) in [6.07, 6.45) is 7.66. The van der Waals surface area contributed by atoms with Crippen molar-refractivity contribution < 1.29 is 4.74 Å². The van der Waals surface area contributed by atoms with Gasteiger partial charge < -0.3 is 10.1 Å². The standard InChI is InChI=1S/C18H26N2OS/c1-4-10-21-15-11-12(2)16-17(13(15)3)22-18(20-16)19-14-8-6-5-7-9-14/h11,14H,4-10H2,1-3H3,(H,19,20). The van der Waals surface area contributed by atoms with E-state index in [1.54, 1.807) is 11.3 Å². The van der Waals surface area contributed by atoms with Crippen LogP contribution in [0.3, 0.4) is 0 Å². The molecule has 4 heteroatoms. The second kappa shape index (κ2) is 6.86. The van der Waals surface area contributed by atoms with Crippen LogP contribution in [0.1, 0.15) is 56.6 Å². The van der Waals surface area contributed by atoms with Crippen LogP contribution in [0.2, 0.25) is 0 Å². The van der Waals surface area contributed by atoms with Crippen molar-refractivity contribution in [2.75, 3.05) is 11.9 Å². The van der Waals surface area contributed by atoms with Gasteiger partial charge in [-0.2, -0.15) is 0 Å². The van der Waals surface area contributed by atoms with Crippen LogP contribution in [0, 0.1) is 13.8 Å². The Morgan fingerprint density at radius 3 is 2.77 bits per heavy atom. The van der Waals surface area contributed by atoms with Crippen molar-refractivity contribution in [1.82, 2.24) is 4.98 Å². The second-order valence-corrected chi connectivity index (χ2v) is 7.34. The summed E-state index contributed by atoms with van der Waals surface area (Å²) in [7, 11) is 0. The summed E-state index contributed by atoms with van der Waals surface area (Å²) in [5.41, 5.74) is 3.56. The van der Waals surface area contributed by atoms with E-state index in [0.717, 1.165) is 29.4 Å². The topological polar surface area (TPSA) is 34.1 Å². The molecule has 0 aliphatic heterocycles. The zero-order chi connectivity index (χ0) is 15.5. The fraction of sp³-hybridized carbons (Fsp3) is 0.611. The Kier molecular flexibility index (Phi) is 4.87. The van der Waals surface area contributed by atoms with E-state index in [4.69, 9.17) is 9.72 Å². The average molecular weight is 318 g/mol. The Bertz CT molecular complexity index is 644. The van der Waals surface area contributed by atoms with E-state index in [2.05, 4.69) is 32.2 Å². The molecular formula is C18H26N2OS. The lowest BCUT2D eigenvalue weighted by Gasteiger charge is -2.22. The third-order valence-electron chi connectivity index (χ3n) is 4.45. The number of rotatable bonds is 5. The minimum Gasteiger partial charge on any atom is -0.493 e. The van der Waals surface area contributed by atoms with Crippen molar-refractivity contribution in [1.29, 1.82) is 0 Å². The molecule has 1 aliphatic carbocycles. The maximum Gasteiger partial charge on any atom is 0.184 e. The van der Waals surface area contributed by atoms with Gasteiger partial charge in [0.15, 0.2) is 5.13 Å².